The van der Waals surface area contributed by atoms with Crippen LogP contribution in [0.2, 0.25) is 0 Å². The Morgan fingerprint density at radius 2 is 2.12 bits per heavy atom. The molecule has 0 saturated carbocycles. The molecule has 2 N–H and O–H groups in total. The number of carbonyl (C=O) groups is 1. The van der Waals surface area contributed by atoms with Crippen molar-refractivity contribution in [2.45, 2.75) is 32.6 Å². The summed E-state index contributed by atoms with van der Waals surface area (Å²) in [6, 6.07) is 6.76. The fraction of sp³-hybridized carbons (Fsp3) is 0.632. The Balaban J connectivity index is 0.00000312. The number of benzene rings is 1. The number of anilines is 1. The lowest BCUT2D eigenvalue weighted by Gasteiger charge is -2.28. The average Bonchev–Trinajstić information content (AvgIpc) is 2.59. The molecule has 1 saturated heterocycles. The van der Waals surface area contributed by atoms with Crippen molar-refractivity contribution in [1.82, 2.24) is 10.6 Å². The largest absolute Gasteiger partial charge is 0.372 e. The molecule has 1 heterocycles. The van der Waals surface area contributed by atoms with Crippen molar-refractivity contribution < 1.29 is 9.18 Å². The molecule has 150 valence electrons. The van der Waals surface area contributed by atoms with Crippen molar-refractivity contribution in [2.24, 2.45) is 11.8 Å². The summed E-state index contributed by atoms with van der Waals surface area (Å²) in [6.07, 6.45) is 3.82. The molecule has 2 atom stereocenters. The Bertz CT molecular complexity index is 527. The fourth-order valence-electron chi connectivity index (χ4n) is 3.32. The van der Waals surface area contributed by atoms with Gasteiger partial charge in [-0.15, -0.1) is 24.8 Å². The number of piperidine rings is 1. The van der Waals surface area contributed by atoms with Crippen LogP contribution < -0.4 is 15.5 Å². The summed E-state index contributed by atoms with van der Waals surface area (Å²) >= 11 is 0. The van der Waals surface area contributed by atoms with E-state index >= 15 is 0 Å². The van der Waals surface area contributed by atoms with Gasteiger partial charge in [-0.25, -0.2) is 4.39 Å². The van der Waals surface area contributed by atoms with E-state index < -0.39 is 0 Å². The minimum Gasteiger partial charge on any atom is -0.372 e. The van der Waals surface area contributed by atoms with Gasteiger partial charge in [0.15, 0.2) is 0 Å². The van der Waals surface area contributed by atoms with Gasteiger partial charge in [0, 0.05) is 26.6 Å². The Kier molecular flexibility index (Phi) is 12.7. The minimum atomic E-state index is -0.209. The van der Waals surface area contributed by atoms with Gasteiger partial charge in [0.05, 0.1) is 5.69 Å². The van der Waals surface area contributed by atoms with Crippen LogP contribution in [0.15, 0.2) is 24.3 Å². The Morgan fingerprint density at radius 1 is 1.38 bits per heavy atom. The van der Waals surface area contributed by atoms with E-state index in [1.165, 1.54) is 18.9 Å². The average molecular weight is 408 g/mol. The molecule has 1 aromatic rings. The monoisotopic (exact) mass is 407 g/mol. The summed E-state index contributed by atoms with van der Waals surface area (Å²) in [7, 11) is 1.87. The zero-order valence-electron chi connectivity index (χ0n) is 15.7. The second-order valence-electron chi connectivity index (χ2n) is 6.86. The number of carbonyl (C=O) groups excluding carboxylic acids is 1. The zero-order valence-corrected chi connectivity index (χ0v) is 17.3. The molecule has 1 aliphatic heterocycles. The third-order valence-corrected chi connectivity index (χ3v) is 4.90. The van der Waals surface area contributed by atoms with Crippen molar-refractivity contribution in [3.8, 4) is 0 Å². The van der Waals surface area contributed by atoms with E-state index in [-0.39, 0.29) is 36.5 Å². The summed E-state index contributed by atoms with van der Waals surface area (Å²) in [4.78, 5) is 13.9. The fourth-order valence-corrected chi connectivity index (χ4v) is 3.32. The Labute approximate surface area is 169 Å². The minimum absolute atomic E-state index is 0. The number of hydrogen-bond donors (Lipinski definition) is 2. The lowest BCUT2D eigenvalue weighted by molar-refractivity contribution is -0.122. The molecule has 4 nitrogen and oxygen atoms in total. The van der Waals surface area contributed by atoms with Crippen molar-refractivity contribution in [3.63, 3.8) is 0 Å². The first kappa shape index (κ1) is 25.0. The van der Waals surface area contributed by atoms with Gasteiger partial charge in [-0.05, 0) is 56.3 Å². The molecular formula is C19H32Cl2FN3O. The van der Waals surface area contributed by atoms with Gasteiger partial charge in [0.2, 0.25) is 5.91 Å². The van der Waals surface area contributed by atoms with Gasteiger partial charge in [-0.3, -0.25) is 4.79 Å². The van der Waals surface area contributed by atoms with Gasteiger partial charge < -0.3 is 15.5 Å². The molecule has 0 spiro atoms. The topological polar surface area (TPSA) is 44.4 Å². The van der Waals surface area contributed by atoms with Crippen molar-refractivity contribution >= 4 is 36.4 Å². The number of nitrogens with one attached hydrogen (secondary N) is 2. The van der Waals surface area contributed by atoms with Crippen molar-refractivity contribution in [2.75, 3.05) is 38.1 Å². The van der Waals surface area contributed by atoms with Crippen LogP contribution in [-0.2, 0) is 4.79 Å². The number of halogens is 3. The summed E-state index contributed by atoms with van der Waals surface area (Å²) in [6.45, 7) is 5.65. The van der Waals surface area contributed by atoms with Crippen LogP contribution in [0.3, 0.4) is 0 Å². The predicted octanol–water partition coefficient (Wildman–Crippen LogP) is 3.64. The van der Waals surface area contributed by atoms with Crippen LogP contribution in [0.1, 0.15) is 32.6 Å². The maximum absolute atomic E-state index is 13.7. The number of amides is 1. The molecule has 0 radical (unpaired) electrons. The zero-order chi connectivity index (χ0) is 17.4. The van der Waals surface area contributed by atoms with Gasteiger partial charge in [-0.2, -0.15) is 0 Å². The van der Waals surface area contributed by atoms with Crippen LogP contribution in [0.4, 0.5) is 10.1 Å². The number of nitrogens with zero attached hydrogens (tertiary/aromatic N) is 1. The van der Waals surface area contributed by atoms with Gasteiger partial charge in [0.1, 0.15) is 5.82 Å². The quantitative estimate of drug-likeness (QED) is 0.646. The molecule has 1 amide bonds. The van der Waals surface area contributed by atoms with Crippen LogP contribution in [-0.4, -0.2) is 39.1 Å². The highest BCUT2D eigenvalue weighted by Gasteiger charge is 2.21. The van der Waals surface area contributed by atoms with E-state index in [0.29, 0.717) is 37.0 Å². The van der Waals surface area contributed by atoms with E-state index in [1.54, 1.807) is 12.1 Å². The van der Waals surface area contributed by atoms with E-state index in [1.807, 2.05) is 18.0 Å². The summed E-state index contributed by atoms with van der Waals surface area (Å²) in [5, 5.41) is 6.40. The van der Waals surface area contributed by atoms with Crippen LogP contribution in [0.25, 0.3) is 0 Å². The first-order chi connectivity index (χ1) is 11.6. The highest BCUT2D eigenvalue weighted by atomic mass is 35.5. The van der Waals surface area contributed by atoms with Gasteiger partial charge in [0.25, 0.3) is 0 Å². The van der Waals surface area contributed by atoms with Crippen LogP contribution in [0, 0.1) is 17.7 Å². The molecule has 2 unspecified atom stereocenters. The highest BCUT2D eigenvalue weighted by Crippen LogP contribution is 2.22. The number of rotatable bonds is 8. The highest BCUT2D eigenvalue weighted by molar-refractivity contribution is 5.85. The molecule has 0 aromatic heterocycles. The number of hydrogen-bond acceptors (Lipinski definition) is 3. The summed E-state index contributed by atoms with van der Waals surface area (Å²) in [5.41, 5.74) is 0.599. The van der Waals surface area contributed by atoms with E-state index in [4.69, 9.17) is 0 Å². The smallest absolute Gasteiger partial charge is 0.220 e. The maximum Gasteiger partial charge on any atom is 0.220 e. The van der Waals surface area contributed by atoms with Gasteiger partial charge in [-0.1, -0.05) is 19.1 Å². The lowest BCUT2D eigenvalue weighted by Crippen LogP contribution is -2.36. The third kappa shape index (κ3) is 8.11. The Morgan fingerprint density at radius 3 is 2.77 bits per heavy atom. The van der Waals surface area contributed by atoms with Crippen molar-refractivity contribution in [3.05, 3.63) is 30.1 Å². The van der Waals surface area contributed by atoms with E-state index in [0.717, 1.165) is 19.5 Å². The molecule has 1 aromatic carbocycles. The Hall–Kier alpha value is -1.04. The summed E-state index contributed by atoms with van der Waals surface area (Å²) in [5.74, 6) is 0.941. The predicted molar refractivity (Wildman–Crippen MR) is 111 cm³/mol. The maximum atomic E-state index is 13.7. The van der Waals surface area contributed by atoms with Crippen LogP contribution in [0.5, 0.6) is 0 Å². The molecule has 7 heteroatoms. The number of para-hydroxylation sites is 1. The first-order valence-corrected chi connectivity index (χ1v) is 9.01. The normalized spacial score (nSPS) is 17.4. The van der Waals surface area contributed by atoms with E-state index in [2.05, 4.69) is 17.6 Å². The summed E-state index contributed by atoms with van der Waals surface area (Å²) < 4.78 is 13.7. The molecule has 1 aliphatic rings. The SMILES string of the molecule is CC(CC(=O)NCCCN(C)c1ccccc1F)C1CCCNC1.Cl.Cl. The van der Waals surface area contributed by atoms with Crippen LogP contribution >= 0.6 is 24.8 Å². The molecule has 0 aliphatic carbocycles. The molecule has 1 fully saturated rings. The molecule has 26 heavy (non-hydrogen) atoms. The molecular weight excluding hydrogens is 376 g/mol. The molecule has 0 bridgehead atoms. The second-order valence-corrected chi connectivity index (χ2v) is 6.86. The van der Waals surface area contributed by atoms with E-state index in [9.17, 15) is 9.18 Å². The molecule has 2 rings (SSSR count). The second kappa shape index (κ2) is 13.2. The first-order valence-electron chi connectivity index (χ1n) is 9.01. The standard InChI is InChI=1S/C19H30FN3O.2ClH/c1-15(16-7-5-10-21-14-16)13-19(24)22-11-6-12-23(2)18-9-4-3-8-17(18)20;;/h3-4,8-9,15-16,21H,5-7,10-14H2,1-2H3,(H,22,24);2*1H. The lowest BCUT2D eigenvalue weighted by atomic mass is 9.85. The third-order valence-electron chi connectivity index (χ3n) is 4.90. The van der Waals surface area contributed by atoms with Gasteiger partial charge >= 0.3 is 0 Å². The van der Waals surface area contributed by atoms with Crippen molar-refractivity contribution in [1.29, 1.82) is 0 Å².